The fraction of sp³-hybridized carbons (Fsp3) is 0.409. The van der Waals surface area contributed by atoms with E-state index in [0.717, 1.165) is 44.8 Å². The predicted octanol–water partition coefficient (Wildman–Crippen LogP) is 4.09. The average molecular weight is 351 g/mol. The third kappa shape index (κ3) is 5.33. The van der Waals surface area contributed by atoms with Gasteiger partial charge in [0.25, 0.3) is 0 Å². The summed E-state index contributed by atoms with van der Waals surface area (Å²) in [6, 6.07) is 16.8. The van der Waals surface area contributed by atoms with Gasteiger partial charge in [0.15, 0.2) is 0 Å². The minimum Gasteiger partial charge on any atom is -0.322 e. The molecule has 0 aliphatic carbocycles. The minimum atomic E-state index is 0.0129. The van der Waals surface area contributed by atoms with E-state index in [-0.39, 0.29) is 6.03 Å². The van der Waals surface area contributed by atoms with Crippen molar-refractivity contribution in [2.45, 2.75) is 26.7 Å². The number of piperazine rings is 1. The van der Waals surface area contributed by atoms with Gasteiger partial charge in [0, 0.05) is 31.9 Å². The van der Waals surface area contributed by atoms with Crippen LogP contribution in [0.15, 0.2) is 48.5 Å². The lowest BCUT2D eigenvalue weighted by Crippen LogP contribution is -2.50. The van der Waals surface area contributed by atoms with Crippen molar-refractivity contribution in [3.63, 3.8) is 0 Å². The summed E-state index contributed by atoms with van der Waals surface area (Å²) in [6.45, 7) is 8.70. The van der Waals surface area contributed by atoms with E-state index in [2.05, 4.69) is 60.5 Å². The normalized spacial score (nSPS) is 15.1. The van der Waals surface area contributed by atoms with Crippen molar-refractivity contribution in [3.05, 3.63) is 65.2 Å². The van der Waals surface area contributed by atoms with Crippen LogP contribution in [0.2, 0.25) is 0 Å². The summed E-state index contributed by atoms with van der Waals surface area (Å²) in [5, 5.41) is 3.04. The van der Waals surface area contributed by atoms with Crippen molar-refractivity contribution >= 4 is 11.7 Å². The number of rotatable bonds is 5. The highest BCUT2D eigenvalue weighted by atomic mass is 16.2. The average Bonchev–Trinajstić information content (AvgIpc) is 2.62. The zero-order valence-corrected chi connectivity index (χ0v) is 15.9. The largest absolute Gasteiger partial charge is 0.322 e. The first-order valence-corrected chi connectivity index (χ1v) is 9.51. The molecule has 3 rings (SSSR count). The van der Waals surface area contributed by atoms with E-state index in [0.29, 0.717) is 0 Å². The number of nitrogens with one attached hydrogen (secondary N) is 1. The lowest BCUT2D eigenvalue weighted by molar-refractivity contribution is 0.146. The van der Waals surface area contributed by atoms with E-state index in [1.54, 1.807) is 0 Å². The van der Waals surface area contributed by atoms with Crippen LogP contribution >= 0.6 is 0 Å². The van der Waals surface area contributed by atoms with Crippen molar-refractivity contribution in [1.29, 1.82) is 0 Å². The molecule has 2 aromatic carbocycles. The Morgan fingerprint density at radius 3 is 2.27 bits per heavy atom. The summed E-state index contributed by atoms with van der Waals surface area (Å²) >= 11 is 0. The quantitative estimate of drug-likeness (QED) is 0.881. The number of aryl methyl sites for hydroxylation is 3. The molecule has 4 heteroatoms. The highest BCUT2D eigenvalue weighted by Gasteiger charge is 2.20. The molecule has 0 saturated carbocycles. The lowest BCUT2D eigenvalue weighted by atomic mass is 10.1. The molecule has 0 unspecified atom stereocenters. The maximum absolute atomic E-state index is 12.5. The number of amides is 2. The van der Waals surface area contributed by atoms with Gasteiger partial charge in [-0.1, -0.05) is 36.4 Å². The van der Waals surface area contributed by atoms with Gasteiger partial charge >= 0.3 is 6.03 Å². The molecular formula is C22H29N3O. The molecule has 1 heterocycles. The van der Waals surface area contributed by atoms with E-state index < -0.39 is 0 Å². The van der Waals surface area contributed by atoms with Gasteiger partial charge in [-0.05, 0) is 62.1 Å². The first-order chi connectivity index (χ1) is 12.6. The Balaban J connectivity index is 1.40. The van der Waals surface area contributed by atoms with Gasteiger partial charge < -0.3 is 10.2 Å². The molecule has 0 aromatic heterocycles. The van der Waals surface area contributed by atoms with Crippen molar-refractivity contribution in [2.75, 3.05) is 38.0 Å². The molecule has 2 aromatic rings. The molecular weight excluding hydrogens is 322 g/mol. The number of carbonyl (C=O) groups excluding carboxylic acids is 1. The van der Waals surface area contributed by atoms with E-state index in [4.69, 9.17) is 0 Å². The summed E-state index contributed by atoms with van der Waals surface area (Å²) in [4.78, 5) is 16.9. The SMILES string of the molecule is Cc1cc(C)cc(NC(=O)N2CCN(CCCc3ccccc3)CC2)c1. The van der Waals surface area contributed by atoms with Gasteiger partial charge in [-0.3, -0.25) is 4.90 Å². The number of anilines is 1. The molecule has 1 N–H and O–H groups in total. The van der Waals surface area contributed by atoms with Gasteiger partial charge in [-0.2, -0.15) is 0 Å². The van der Waals surface area contributed by atoms with Crippen molar-refractivity contribution < 1.29 is 4.79 Å². The molecule has 1 saturated heterocycles. The molecule has 138 valence electrons. The van der Waals surface area contributed by atoms with E-state index in [1.165, 1.54) is 23.1 Å². The van der Waals surface area contributed by atoms with Crippen molar-refractivity contribution in [2.24, 2.45) is 0 Å². The molecule has 0 atom stereocenters. The highest BCUT2D eigenvalue weighted by molar-refractivity contribution is 5.89. The Bertz CT molecular complexity index is 701. The van der Waals surface area contributed by atoms with Crippen LogP contribution in [0.25, 0.3) is 0 Å². The second-order valence-corrected chi connectivity index (χ2v) is 7.22. The summed E-state index contributed by atoms with van der Waals surface area (Å²) in [5.41, 5.74) is 4.63. The fourth-order valence-electron chi connectivity index (χ4n) is 3.58. The maximum Gasteiger partial charge on any atom is 0.321 e. The van der Waals surface area contributed by atoms with Gasteiger partial charge in [-0.15, -0.1) is 0 Å². The number of nitrogens with zero attached hydrogens (tertiary/aromatic N) is 2. The first-order valence-electron chi connectivity index (χ1n) is 9.51. The third-order valence-electron chi connectivity index (χ3n) is 4.92. The Kier molecular flexibility index (Phi) is 6.29. The topological polar surface area (TPSA) is 35.6 Å². The molecule has 0 spiro atoms. The fourth-order valence-corrected chi connectivity index (χ4v) is 3.58. The van der Waals surface area contributed by atoms with Gasteiger partial charge in [0.05, 0.1) is 0 Å². The van der Waals surface area contributed by atoms with Gasteiger partial charge in [0.1, 0.15) is 0 Å². The zero-order chi connectivity index (χ0) is 18.4. The molecule has 2 amide bonds. The zero-order valence-electron chi connectivity index (χ0n) is 15.9. The van der Waals surface area contributed by atoms with Crippen LogP contribution in [0.3, 0.4) is 0 Å². The van der Waals surface area contributed by atoms with E-state index >= 15 is 0 Å². The second kappa shape index (κ2) is 8.86. The van der Waals surface area contributed by atoms with Crippen LogP contribution in [0.5, 0.6) is 0 Å². The van der Waals surface area contributed by atoms with Crippen LogP contribution < -0.4 is 5.32 Å². The third-order valence-corrected chi connectivity index (χ3v) is 4.92. The maximum atomic E-state index is 12.5. The Morgan fingerprint density at radius 1 is 0.962 bits per heavy atom. The van der Waals surface area contributed by atoms with E-state index in [1.807, 2.05) is 17.0 Å². The number of hydrogen-bond donors (Lipinski definition) is 1. The molecule has 1 aliphatic rings. The molecule has 1 fully saturated rings. The molecule has 4 nitrogen and oxygen atoms in total. The summed E-state index contributed by atoms with van der Waals surface area (Å²) < 4.78 is 0. The molecule has 0 radical (unpaired) electrons. The Hall–Kier alpha value is -2.33. The monoisotopic (exact) mass is 351 g/mol. The minimum absolute atomic E-state index is 0.0129. The summed E-state index contributed by atoms with van der Waals surface area (Å²) in [7, 11) is 0. The smallest absolute Gasteiger partial charge is 0.321 e. The van der Waals surface area contributed by atoms with Crippen molar-refractivity contribution in [3.8, 4) is 0 Å². The number of hydrogen-bond acceptors (Lipinski definition) is 2. The van der Waals surface area contributed by atoms with Crippen molar-refractivity contribution in [1.82, 2.24) is 9.80 Å². The first kappa shape index (κ1) is 18.5. The Labute approximate surface area is 156 Å². The molecule has 0 bridgehead atoms. The van der Waals surface area contributed by atoms with Crippen LogP contribution in [0, 0.1) is 13.8 Å². The van der Waals surface area contributed by atoms with Gasteiger partial charge in [0.2, 0.25) is 0 Å². The van der Waals surface area contributed by atoms with Crippen LogP contribution in [-0.2, 0) is 6.42 Å². The standard InChI is InChI=1S/C22H29N3O/c1-18-15-19(2)17-21(16-18)23-22(26)25-13-11-24(12-14-25)10-6-9-20-7-4-3-5-8-20/h3-5,7-8,15-17H,6,9-14H2,1-2H3,(H,23,26). The van der Waals surface area contributed by atoms with Crippen LogP contribution in [0.4, 0.5) is 10.5 Å². The predicted molar refractivity (Wildman–Crippen MR) is 108 cm³/mol. The molecule has 26 heavy (non-hydrogen) atoms. The summed E-state index contributed by atoms with van der Waals surface area (Å²) in [5.74, 6) is 0. The van der Waals surface area contributed by atoms with Crippen LogP contribution in [-0.4, -0.2) is 48.6 Å². The molecule has 1 aliphatic heterocycles. The lowest BCUT2D eigenvalue weighted by Gasteiger charge is -2.34. The van der Waals surface area contributed by atoms with E-state index in [9.17, 15) is 4.79 Å². The number of benzene rings is 2. The number of urea groups is 1. The second-order valence-electron chi connectivity index (χ2n) is 7.22. The number of carbonyl (C=O) groups is 1. The van der Waals surface area contributed by atoms with Gasteiger partial charge in [-0.25, -0.2) is 4.79 Å². The summed E-state index contributed by atoms with van der Waals surface area (Å²) in [6.07, 6.45) is 2.28. The Morgan fingerprint density at radius 2 is 1.62 bits per heavy atom. The highest BCUT2D eigenvalue weighted by Crippen LogP contribution is 2.15. The van der Waals surface area contributed by atoms with Crippen LogP contribution in [0.1, 0.15) is 23.1 Å².